The van der Waals surface area contributed by atoms with E-state index in [0.717, 1.165) is 66.7 Å². The first kappa shape index (κ1) is 17.9. The molecule has 0 saturated carbocycles. The molecule has 2 amide bonds. The van der Waals surface area contributed by atoms with Crippen LogP contribution in [0.2, 0.25) is 0 Å². The Hall–Kier alpha value is -3.15. The van der Waals surface area contributed by atoms with Gasteiger partial charge in [-0.3, -0.25) is 14.0 Å². The topological polar surface area (TPSA) is 66.7 Å². The first-order valence-corrected chi connectivity index (χ1v) is 10.3. The lowest BCUT2D eigenvalue weighted by Crippen LogP contribution is -2.28. The van der Waals surface area contributed by atoms with Crippen molar-refractivity contribution in [2.45, 2.75) is 38.6 Å². The fourth-order valence-corrected chi connectivity index (χ4v) is 4.49. The summed E-state index contributed by atoms with van der Waals surface area (Å²) in [5, 5.41) is 3.16. The fourth-order valence-electron chi connectivity index (χ4n) is 4.49. The number of hydrogen-bond acceptors (Lipinski definition) is 3. The summed E-state index contributed by atoms with van der Waals surface area (Å²) in [6, 6.07) is 9.79. The SMILES string of the molecule is Cc1ccc2ncc(C(=O)N[C@@H]3CCc4cc(C(=O)N5CCCC5)ccc43)n2c1. The van der Waals surface area contributed by atoms with Gasteiger partial charge in [-0.15, -0.1) is 0 Å². The molecule has 1 saturated heterocycles. The number of carbonyl (C=O) groups is 2. The van der Waals surface area contributed by atoms with Crippen molar-refractivity contribution < 1.29 is 9.59 Å². The van der Waals surface area contributed by atoms with Gasteiger partial charge in [0.2, 0.25) is 0 Å². The fraction of sp³-hybridized carbons (Fsp3) is 0.348. The highest BCUT2D eigenvalue weighted by atomic mass is 16.2. The number of nitrogens with zero attached hydrogens (tertiary/aromatic N) is 3. The van der Waals surface area contributed by atoms with Crippen LogP contribution >= 0.6 is 0 Å². The van der Waals surface area contributed by atoms with Crippen LogP contribution in [0, 0.1) is 6.92 Å². The van der Waals surface area contributed by atoms with E-state index in [-0.39, 0.29) is 17.9 Å². The molecule has 1 aliphatic heterocycles. The molecule has 3 heterocycles. The summed E-state index contributed by atoms with van der Waals surface area (Å²) in [6.45, 7) is 3.70. The third-order valence-electron chi connectivity index (χ3n) is 6.05. The first-order chi connectivity index (χ1) is 14.1. The van der Waals surface area contributed by atoms with E-state index < -0.39 is 0 Å². The van der Waals surface area contributed by atoms with Gasteiger partial charge in [0.05, 0.1) is 12.2 Å². The minimum atomic E-state index is -0.127. The van der Waals surface area contributed by atoms with Crippen LogP contribution in [0.4, 0.5) is 0 Å². The number of pyridine rings is 1. The quantitative estimate of drug-likeness (QED) is 0.749. The summed E-state index contributed by atoms with van der Waals surface area (Å²) in [5.74, 6) is -0.00273. The van der Waals surface area contributed by atoms with E-state index >= 15 is 0 Å². The van der Waals surface area contributed by atoms with E-state index in [2.05, 4.69) is 10.3 Å². The monoisotopic (exact) mass is 388 g/mol. The van der Waals surface area contributed by atoms with Crippen molar-refractivity contribution >= 4 is 17.5 Å². The average Bonchev–Trinajstić information content (AvgIpc) is 3.47. The van der Waals surface area contributed by atoms with Gasteiger partial charge in [0.1, 0.15) is 11.3 Å². The number of aromatic nitrogens is 2. The molecule has 1 aliphatic carbocycles. The Morgan fingerprint density at radius 1 is 1.14 bits per heavy atom. The second-order valence-electron chi connectivity index (χ2n) is 8.06. The Morgan fingerprint density at radius 2 is 1.97 bits per heavy atom. The summed E-state index contributed by atoms with van der Waals surface area (Å²) in [6.07, 6.45) is 7.45. The van der Waals surface area contributed by atoms with E-state index in [1.165, 1.54) is 0 Å². The summed E-state index contributed by atoms with van der Waals surface area (Å²) in [5.41, 5.74) is 5.41. The van der Waals surface area contributed by atoms with Crippen LogP contribution < -0.4 is 5.32 Å². The summed E-state index contributed by atoms with van der Waals surface area (Å²) in [4.78, 5) is 31.8. The highest BCUT2D eigenvalue weighted by Crippen LogP contribution is 2.32. The van der Waals surface area contributed by atoms with Crippen LogP contribution in [-0.2, 0) is 6.42 Å². The van der Waals surface area contributed by atoms with Crippen molar-refractivity contribution in [1.82, 2.24) is 19.6 Å². The number of hydrogen-bond donors (Lipinski definition) is 1. The predicted molar refractivity (Wildman–Crippen MR) is 110 cm³/mol. The van der Waals surface area contributed by atoms with Crippen molar-refractivity contribution in [2.24, 2.45) is 0 Å². The average molecular weight is 388 g/mol. The lowest BCUT2D eigenvalue weighted by molar-refractivity contribution is 0.0792. The number of likely N-dealkylation sites (tertiary alicyclic amines) is 1. The highest BCUT2D eigenvalue weighted by Gasteiger charge is 2.27. The molecule has 6 heteroatoms. The number of carbonyl (C=O) groups excluding carboxylic acids is 2. The molecule has 3 aromatic rings. The molecule has 1 fully saturated rings. The molecule has 29 heavy (non-hydrogen) atoms. The molecule has 6 nitrogen and oxygen atoms in total. The van der Waals surface area contributed by atoms with Crippen molar-refractivity contribution in [1.29, 1.82) is 0 Å². The lowest BCUT2D eigenvalue weighted by atomic mass is 10.0. The normalized spacial score (nSPS) is 18.2. The van der Waals surface area contributed by atoms with Gasteiger partial charge in [-0.1, -0.05) is 12.1 Å². The van der Waals surface area contributed by atoms with Gasteiger partial charge in [-0.2, -0.15) is 0 Å². The largest absolute Gasteiger partial charge is 0.344 e. The molecule has 0 bridgehead atoms. The van der Waals surface area contributed by atoms with Crippen molar-refractivity contribution in [3.63, 3.8) is 0 Å². The minimum Gasteiger partial charge on any atom is -0.344 e. The standard InChI is InChI=1S/C23H24N4O2/c1-15-4-9-21-24-13-20(27(21)14-15)22(28)25-19-8-6-16-12-17(5-7-18(16)19)23(29)26-10-2-3-11-26/h4-5,7,9,12-14,19H,2-3,6,8,10-11H2,1H3,(H,25,28)/t19-/m1/s1. The van der Waals surface area contributed by atoms with Crippen LogP contribution in [0.3, 0.4) is 0 Å². The first-order valence-electron chi connectivity index (χ1n) is 10.3. The summed E-state index contributed by atoms with van der Waals surface area (Å²) in [7, 11) is 0. The molecular formula is C23H24N4O2. The van der Waals surface area contributed by atoms with Gasteiger partial charge in [-0.25, -0.2) is 4.98 Å². The molecule has 0 spiro atoms. The zero-order valence-corrected chi connectivity index (χ0v) is 16.5. The maximum absolute atomic E-state index is 12.9. The molecule has 2 aliphatic rings. The zero-order chi connectivity index (χ0) is 20.0. The molecule has 1 N–H and O–H groups in total. The van der Waals surface area contributed by atoms with E-state index in [9.17, 15) is 9.59 Å². The molecule has 1 aromatic carbocycles. The van der Waals surface area contributed by atoms with Gasteiger partial charge in [-0.05, 0) is 67.5 Å². The van der Waals surface area contributed by atoms with Gasteiger partial charge in [0, 0.05) is 24.8 Å². The van der Waals surface area contributed by atoms with Gasteiger partial charge in [0.15, 0.2) is 0 Å². The Balaban J connectivity index is 1.35. The molecular weight excluding hydrogens is 364 g/mol. The lowest BCUT2D eigenvalue weighted by Gasteiger charge is -2.17. The predicted octanol–water partition coefficient (Wildman–Crippen LogP) is 3.30. The number of aryl methyl sites for hydroxylation is 2. The van der Waals surface area contributed by atoms with E-state index in [0.29, 0.717) is 5.69 Å². The van der Waals surface area contributed by atoms with E-state index in [4.69, 9.17) is 0 Å². The molecule has 148 valence electrons. The number of imidazole rings is 1. The molecule has 5 rings (SSSR count). The second-order valence-corrected chi connectivity index (χ2v) is 8.06. The highest BCUT2D eigenvalue weighted by molar-refractivity contribution is 5.95. The number of amides is 2. The third kappa shape index (κ3) is 3.18. The molecule has 0 radical (unpaired) electrons. The van der Waals surface area contributed by atoms with Gasteiger partial charge in [0.25, 0.3) is 11.8 Å². The summed E-state index contributed by atoms with van der Waals surface area (Å²) >= 11 is 0. The van der Waals surface area contributed by atoms with Crippen LogP contribution in [-0.4, -0.2) is 39.2 Å². The van der Waals surface area contributed by atoms with Crippen LogP contribution in [0.1, 0.15) is 62.8 Å². The van der Waals surface area contributed by atoms with E-state index in [1.54, 1.807) is 6.20 Å². The van der Waals surface area contributed by atoms with Crippen molar-refractivity contribution in [3.8, 4) is 0 Å². The smallest absolute Gasteiger partial charge is 0.270 e. The Kier molecular flexibility index (Phi) is 4.34. The maximum atomic E-state index is 12.9. The van der Waals surface area contributed by atoms with E-state index in [1.807, 2.05) is 52.8 Å². The second kappa shape index (κ2) is 7.03. The molecule has 2 aromatic heterocycles. The Bertz CT molecular complexity index is 1110. The number of nitrogens with one attached hydrogen (secondary N) is 1. The van der Waals surface area contributed by atoms with Crippen molar-refractivity contribution in [3.05, 3.63) is 70.7 Å². The number of rotatable bonds is 3. The number of fused-ring (bicyclic) bond motifs is 2. The molecule has 1 atom stereocenters. The zero-order valence-electron chi connectivity index (χ0n) is 16.5. The maximum Gasteiger partial charge on any atom is 0.270 e. The van der Waals surface area contributed by atoms with Crippen LogP contribution in [0.5, 0.6) is 0 Å². The van der Waals surface area contributed by atoms with Crippen molar-refractivity contribution in [2.75, 3.05) is 13.1 Å². The third-order valence-corrected chi connectivity index (χ3v) is 6.05. The summed E-state index contributed by atoms with van der Waals surface area (Å²) < 4.78 is 1.83. The van der Waals surface area contributed by atoms with Gasteiger partial charge >= 0.3 is 0 Å². The van der Waals surface area contributed by atoms with Gasteiger partial charge < -0.3 is 10.2 Å². The molecule has 0 unspecified atom stereocenters. The number of benzene rings is 1. The van der Waals surface area contributed by atoms with Crippen LogP contribution in [0.25, 0.3) is 5.65 Å². The Labute approximate surface area is 169 Å². The Morgan fingerprint density at radius 3 is 2.79 bits per heavy atom. The van der Waals surface area contributed by atoms with Crippen LogP contribution in [0.15, 0.2) is 42.7 Å². The minimum absolute atomic E-state index is 0.0382.